The molecule has 1 fully saturated rings. The fourth-order valence-corrected chi connectivity index (χ4v) is 4.97. The van der Waals surface area contributed by atoms with E-state index in [4.69, 9.17) is 4.74 Å². The van der Waals surface area contributed by atoms with Crippen molar-refractivity contribution in [2.24, 2.45) is 0 Å². The lowest BCUT2D eigenvalue weighted by Crippen LogP contribution is -2.37. The standard InChI is InChI=1S/C22H24FNO3S/c1-14-13-22(26,8-9-27-14)16-4-3-5-17(11-16)28-20-10-15-6-7-21(25)24(2)19(15)12-18(20)23/h3-5,10-12,14,26H,6-9,13H2,1-2H3/t14-,22+/m0/s1. The summed E-state index contributed by atoms with van der Waals surface area (Å²) < 4.78 is 20.3. The molecule has 1 saturated heterocycles. The fraction of sp³-hybridized carbons (Fsp3) is 0.409. The SMILES string of the molecule is C[C@H]1C[C@@](O)(c2cccc(Sc3cc4c(cc3F)N(C)C(=O)CC4)c2)CCO1. The van der Waals surface area contributed by atoms with Gasteiger partial charge in [0.1, 0.15) is 5.82 Å². The third kappa shape index (κ3) is 3.69. The van der Waals surface area contributed by atoms with Crippen molar-refractivity contribution < 1.29 is 19.0 Å². The molecule has 2 aromatic rings. The summed E-state index contributed by atoms with van der Waals surface area (Å²) in [5.41, 5.74) is 1.57. The Kier molecular flexibility index (Phi) is 5.21. The molecule has 0 aliphatic carbocycles. The van der Waals surface area contributed by atoms with Crippen LogP contribution in [0.3, 0.4) is 0 Å². The zero-order chi connectivity index (χ0) is 19.9. The van der Waals surface area contributed by atoms with Crippen LogP contribution in [-0.2, 0) is 21.6 Å². The molecule has 4 nitrogen and oxygen atoms in total. The molecule has 2 aromatic carbocycles. The van der Waals surface area contributed by atoms with Gasteiger partial charge in [0, 0.05) is 41.8 Å². The minimum absolute atomic E-state index is 0.00727. The Balaban J connectivity index is 1.61. The first-order chi connectivity index (χ1) is 13.4. The molecule has 0 saturated carbocycles. The van der Waals surface area contributed by atoms with Crippen LogP contribution in [0.15, 0.2) is 46.2 Å². The van der Waals surface area contributed by atoms with Gasteiger partial charge in [0.2, 0.25) is 5.91 Å². The van der Waals surface area contributed by atoms with E-state index in [0.29, 0.717) is 42.9 Å². The number of benzene rings is 2. The molecule has 28 heavy (non-hydrogen) atoms. The highest BCUT2D eigenvalue weighted by Crippen LogP contribution is 2.39. The minimum atomic E-state index is -0.911. The summed E-state index contributed by atoms with van der Waals surface area (Å²) >= 11 is 1.35. The highest BCUT2D eigenvalue weighted by atomic mass is 32.2. The van der Waals surface area contributed by atoms with E-state index in [2.05, 4.69) is 0 Å². The Morgan fingerprint density at radius 3 is 2.89 bits per heavy atom. The molecular formula is C22H24FNO3S. The monoisotopic (exact) mass is 401 g/mol. The summed E-state index contributed by atoms with van der Waals surface area (Å²) in [6.45, 7) is 2.49. The van der Waals surface area contributed by atoms with E-state index in [1.54, 1.807) is 7.05 Å². The molecule has 2 atom stereocenters. The molecule has 0 spiro atoms. The molecule has 148 valence electrons. The minimum Gasteiger partial charge on any atom is -0.385 e. The third-order valence-electron chi connectivity index (χ3n) is 5.62. The van der Waals surface area contributed by atoms with Gasteiger partial charge >= 0.3 is 0 Å². The van der Waals surface area contributed by atoms with Crippen molar-refractivity contribution in [3.8, 4) is 0 Å². The zero-order valence-electron chi connectivity index (χ0n) is 16.1. The van der Waals surface area contributed by atoms with Gasteiger partial charge in [-0.1, -0.05) is 23.9 Å². The quantitative estimate of drug-likeness (QED) is 0.834. The van der Waals surface area contributed by atoms with Gasteiger partial charge < -0.3 is 14.7 Å². The molecule has 0 radical (unpaired) electrons. The summed E-state index contributed by atoms with van der Waals surface area (Å²) in [4.78, 5) is 14.8. The van der Waals surface area contributed by atoms with Crippen molar-refractivity contribution in [3.63, 3.8) is 0 Å². The Morgan fingerprint density at radius 1 is 1.29 bits per heavy atom. The van der Waals surface area contributed by atoms with Gasteiger partial charge in [0.05, 0.1) is 18.3 Å². The average Bonchev–Trinajstić information content (AvgIpc) is 2.66. The Morgan fingerprint density at radius 2 is 2.11 bits per heavy atom. The van der Waals surface area contributed by atoms with Crippen LogP contribution in [0.2, 0.25) is 0 Å². The molecule has 0 unspecified atom stereocenters. The van der Waals surface area contributed by atoms with Crippen molar-refractivity contribution in [2.75, 3.05) is 18.6 Å². The van der Waals surface area contributed by atoms with Crippen LogP contribution < -0.4 is 4.90 Å². The molecule has 1 N–H and O–H groups in total. The van der Waals surface area contributed by atoms with Crippen LogP contribution in [0.1, 0.15) is 37.3 Å². The number of hydrogen-bond acceptors (Lipinski definition) is 4. The second-order valence-electron chi connectivity index (χ2n) is 7.66. The molecule has 4 rings (SSSR count). The number of aryl methyl sites for hydroxylation is 1. The van der Waals surface area contributed by atoms with Crippen molar-refractivity contribution in [2.45, 2.75) is 54.1 Å². The number of nitrogens with zero attached hydrogens (tertiary/aromatic N) is 1. The maximum absolute atomic E-state index is 14.7. The van der Waals surface area contributed by atoms with Gasteiger partial charge in [-0.05, 0) is 48.7 Å². The lowest BCUT2D eigenvalue weighted by Gasteiger charge is -2.36. The van der Waals surface area contributed by atoms with Gasteiger partial charge in [-0.2, -0.15) is 0 Å². The molecule has 2 aliphatic rings. The van der Waals surface area contributed by atoms with Gasteiger partial charge in [0.15, 0.2) is 0 Å². The summed E-state index contributed by atoms with van der Waals surface area (Å²) in [5, 5.41) is 11.1. The first-order valence-electron chi connectivity index (χ1n) is 9.57. The van der Waals surface area contributed by atoms with Crippen LogP contribution in [0.4, 0.5) is 10.1 Å². The van der Waals surface area contributed by atoms with E-state index >= 15 is 0 Å². The Labute approximate surface area is 168 Å². The summed E-state index contributed by atoms with van der Waals surface area (Å²) in [7, 11) is 1.69. The van der Waals surface area contributed by atoms with Crippen LogP contribution in [0, 0.1) is 5.82 Å². The molecule has 0 bridgehead atoms. The number of rotatable bonds is 3. The first kappa shape index (κ1) is 19.4. The maximum atomic E-state index is 14.7. The number of ether oxygens (including phenoxy) is 1. The van der Waals surface area contributed by atoms with Crippen molar-refractivity contribution in [1.29, 1.82) is 0 Å². The lowest BCUT2D eigenvalue weighted by molar-refractivity contribution is -0.118. The van der Waals surface area contributed by atoms with Crippen molar-refractivity contribution in [3.05, 3.63) is 53.3 Å². The Hall–Kier alpha value is -1.89. The van der Waals surface area contributed by atoms with E-state index < -0.39 is 5.60 Å². The van der Waals surface area contributed by atoms with Crippen molar-refractivity contribution in [1.82, 2.24) is 0 Å². The topological polar surface area (TPSA) is 49.8 Å². The van der Waals surface area contributed by atoms with Gasteiger partial charge in [-0.25, -0.2) is 4.39 Å². The number of aliphatic hydroxyl groups is 1. The lowest BCUT2D eigenvalue weighted by atomic mass is 9.84. The highest BCUT2D eigenvalue weighted by Gasteiger charge is 2.35. The third-order valence-corrected chi connectivity index (χ3v) is 6.64. The fourth-order valence-electron chi connectivity index (χ4n) is 4.02. The summed E-state index contributed by atoms with van der Waals surface area (Å²) in [6, 6.07) is 11.0. The largest absolute Gasteiger partial charge is 0.385 e. The number of carbonyl (C=O) groups excluding carboxylic acids is 1. The number of anilines is 1. The Bertz CT molecular complexity index is 919. The molecule has 6 heteroatoms. The van der Waals surface area contributed by atoms with Gasteiger partial charge in [-0.3, -0.25) is 4.79 Å². The number of carbonyl (C=O) groups is 1. The smallest absolute Gasteiger partial charge is 0.227 e. The van der Waals surface area contributed by atoms with Gasteiger partial charge in [-0.15, -0.1) is 0 Å². The highest BCUT2D eigenvalue weighted by molar-refractivity contribution is 7.99. The number of hydrogen-bond donors (Lipinski definition) is 1. The number of halogens is 1. The van der Waals surface area contributed by atoms with Crippen LogP contribution in [0.25, 0.3) is 0 Å². The number of amides is 1. The van der Waals surface area contributed by atoms with Crippen LogP contribution in [0.5, 0.6) is 0 Å². The second kappa shape index (κ2) is 7.50. The molecule has 2 heterocycles. The van der Waals surface area contributed by atoms with E-state index in [9.17, 15) is 14.3 Å². The van der Waals surface area contributed by atoms with E-state index in [-0.39, 0.29) is 17.8 Å². The average molecular weight is 402 g/mol. The van der Waals surface area contributed by atoms with Crippen molar-refractivity contribution >= 4 is 23.4 Å². The maximum Gasteiger partial charge on any atom is 0.227 e. The first-order valence-corrected chi connectivity index (χ1v) is 10.4. The van der Waals surface area contributed by atoms with E-state index in [1.807, 2.05) is 37.3 Å². The summed E-state index contributed by atoms with van der Waals surface area (Å²) in [5.74, 6) is -0.326. The second-order valence-corrected chi connectivity index (χ2v) is 8.78. The van der Waals surface area contributed by atoms with E-state index in [0.717, 1.165) is 16.0 Å². The van der Waals surface area contributed by atoms with Crippen LogP contribution in [-0.4, -0.2) is 30.8 Å². The summed E-state index contributed by atoms with van der Waals surface area (Å²) in [6.07, 6.45) is 2.19. The predicted molar refractivity (Wildman–Crippen MR) is 107 cm³/mol. The van der Waals surface area contributed by atoms with E-state index in [1.165, 1.54) is 22.7 Å². The number of fused-ring (bicyclic) bond motifs is 1. The molecule has 1 amide bonds. The zero-order valence-corrected chi connectivity index (χ0v) is 16.9. The van der Waals surface area contributed by atoms with Gasteiger partial charge in [0.25, 0.3) is 0 Å². The van der Waals surface area contributed by atoms with Crippen LogP contribution >= 0.6 is 11.8 Å². The molecular weight excluding hydrogens is 377 g/mol. The normalized spacial score (nSPS) is 24.9. The molecule has 2 aliphatic heterocycles. The predicted octanol–water partition coefficient (Wildman–Crippen LogP) is 4.27. The molecule has 0 aromatic heterocycles.